The first-order valence-corrected chi connectivity index (χ1v) is 5.10. The molecule has 1 spiro atoms. The van der Waals surface area contributed by atoms with E-state index in [0.717, 1.165) is 39.1 Å². The van der Waals surface area contributed by atoms with Crippen LogP contribution in [0.2, 0.25) is 0 Å². The normalized spacial score (nSPS) is 31.6. The Morgan fingerprint density at radius 2 is 2.43 bits per heavy atom. The van der Waals surface area contributed by atoms with Crippen molar-refractivity contribution in [3.63, 3.8) is 0 Å². The molecule has 14 heavy (non-hydrogen) atoms. The molecule has 0 aromatic carbocycles. The Hall–Kier alpha value is -0.610. The number of nitrogens with zero attached hydrogens (tertiary/aromatic N) is 1. The van der Waals surface area contributed by atoms with Gasteiger partial charge in [0.15, 0.2) is 0 Å². The summed E-state index contributed by atoms with van der Waals surface area (Å²) in [5.41, 5.74) is 0.267. The van der Waals surface area contributed by atoms with Crippen molar-refractivity contribution in [3.8, 4) is 0 Å². The van der Waals surface area contributed by atoms with Crippen molar-refractivity contribution in [1.82, 2.24) is 4.90 Å². The van der Waals surface area contributed by atoms with Gasteiger partial charge < -0.3 is 14.4 Å². The third-order valence-corrected chi connectivity index (χ3v) is 3.24. The minimum absolute atomic E-state index is 0.108. The standard InChI is InChI=1S/C10H17NO3/c1-13-6-9(12)11-4-2-10(7-11)3-5-14-8-10/h2-8H2,1H3/t10-/m1/s1. The Kier molecular flexibility index (Phi) is 2.74. The fraction of sp³-hybridized carbons (Fsp3) is 0.900. The predicted octanol–water partition coefficient (Wildman–Crippen LogP) is 0.272. The number of carbonyl (C=O) groups is 1. The molecule has 2 fully saturated rings. The highest BCUT2D eigenvalue weighted by molar-refractivity contribution is 5.77. The molecule has 2 aliphatic heterocycles. The van der Waals surface area contributed by atoms with E-state index in [1.54, 1.807) is 7.11 Å². The van der Waals surface area contributed by atoms with Gasteiger partial charge in [0, 0.05) is 32.2 Å². The molecule has 2 saturated heterocycles. The van der Waals surface area contributed by atoms with Crippen LogP contribution in [-0.2, 0) is 14.3 Å². The molecular weight excluding hydrogens is 182 g/mol. The summed E-state index contributed by atoms with van der Waals surface area (Å²) in [7, 11) is 1.56. The van der Waals surface area contributed by atoms with Crippen LogP contribution in [0.3, 0.4) is 0 Å². The fourth-order valence-corrected chi connectivity index (χ4v) is 2.33. The van der Waals surface area contributed by atoms with E-state index >= 15 is 0 Å². The first-order chi connectivity index (χ1) is 6.76. The van der Waals surface area contributed by atoms with Crippen LogP contribution in [0.4, 0.5) is 0 Å². The van der Waals surface area contributed by atoms with Gasteiger partial charge in [0.05, 0.1) is 6.61 Å². The smallest absolute Gasteiger partial charge is 0.248 e. The number of carbonyl (C=O) groups excluding carboxylic acids is 1. The molecule has 2 aliphatic rings. The van der Waals surface area contributed by atoms with Gasteiger partial charge in [-0.15, -0.1) is 0 Å². The van der Waals surface area contributed by atoms with Crippen LogP contribution < -0.4 is 0 Å². The first kappa shape index (κ1) is 9.93. The van der Waals surface area contributed by atoms with Crippen molar-refractivity contribution in [2.24, 2.45) is 5.41 Å². The van der Waals surface area contributed by atoms with Gasteiger partial charge in [0.1, 0.15) is 6.61 Å². The van der Waals surface area contributed by atoms with Crippen molar-refractivity contribution < 1.29 is 14.3 Å². The average molecular weight is 199 g/mol. The molecule has 0 unspecified atom stereocenters. The number of likely N-dealkylation sites (tertiary alicyclic amines) is 1. The lowest BCUT2D eigenvalue weighted by Gasteiger charge is -2.21. The summed E-state index contributed by atoms with van der Waals surface area (Å²) in [5.74, 6) is 0.108. The van der Waals surface area contributed by atoms with Gasteiger partial charge in [-0.3, -0.25) is 4.79 Å². The summed E-state index contributed by atoms with van der Waals surface area (Å²) in [6.45, 7) is 3.60. The van der Waals surface area contributed by atoms with E-state index in [-0.39, 0.29) is 17.9 Å². The molecule has 2 rings (SSSR count). The van der Waals surface area contributed by atoms with Gasteiger partial charge in [-0.2, -0.15) is 0 Å². The van der Waals surface area contributed by atoms with Crippen LogP contribution in [0, 0.1) is 5.41 Å². The number of amides is 1. The van der Waals surface area contributed by atoms with Crippen LogP contribution >= 0.6 is 0 Å². The Morgan fingerprint density at radius 1 is 1.57 bits per heavy atom. The molecule has 0 aliphatic carbocycles. The molecule has 0 bridgehead atoms. The van der Waals surface area contributed by atoms with Crippen LogP contribution in [-0.4, -0.2) is 50.8 Å². The quantitative estimate of drug-likeness (QED) is 0.641. The monoisotopic (exact) mass is 199 g/mol. The third kappa shape index (κ3) is 1.77. The second-order valence-corrected chi connectivity index (χ2v) is 4.30. The highest BCUT2D eigenvalue weighted by Gasteiger charge is 2.42. The number of hydrogen-bond donors (Lipinski definition) is 0. The second-order valence-electron chi connectivity index (χ2n) is 4.30. The third-order valence-electron chi connectivity index (χ3n) is 3.24. The zero-order valence-corrected chi connectivity index (χ0v) is 8.62. The first-order valence-electron chi connectivity index (χ1n) is 5.10. The van der Waals surface area contributed by atoms with Crippen LogP contribution in [0.15, 0.2) is 0 Å². The van der Waals surface area contributed by atoms with Gasteiger partial charge in [-0.1, -0.05) is 0 Å². The topological polar surface area (TPSA) is 38.8 Å². The van der Waals surface area contributed by atoms with E-state index in [1.165, 1.54) is 0 Å². The lowest BCUT2D eigenvalue weighted by molar-refractivity contribution is -0.134. The summed E-state index contributed by atoms with van der Waals surface area (Å²) in [6.07, 6.45) is 2.19. The number of methoxy groups -OCH3 is 1. The van der Waals surface area contributed by atoms with Gasteiger partial charge in [-0.25, -0.2) is 0 Å². The maximum absolute atomic E-state index is 11.5. The SMILES string of the molecule is COCC(=O)N1CC[C@@]2(CCOC2)C1. The molecule has 0 radical (unpaired) electrons. The molecule has 1 atom stereocenters. The van der Waals surface area contributed by atoms with Gasteiger partial charge >= 0.3 is 0 Å². The van der Waals surface area contributed by atoms with Gasteiger partial charge in [0.2, 0.25) is 5.91 Å². The Balaban J connectivity index is 1.90. The molecule has 0 aromatic heterocycles. The van der Waals surface area contributed by atoms with Gasteiger partial charge in [-0.05, 0) is 12.8 Å². The maximum atomic E-state index is 11.5. The molecule has 1 amide bonds. The van der Waals surface area contributed by atoms with Crippen LogP contribution in [0.1, 0.15) is 12.8 Å². The van der Waals surface area contributed by atoms with Crippen molar-refractivity contribution in [1.29, 1.82) is 0 Å². The molecule has 80 valence electrons. The molecule has 0 aromatic rings. The van der Waals surface area contributed by atoms with E-state index in [2.05, 4.69) is 0 Å². The van der Waals surface area contributed by atoms with Crippen molar-refractivity contribution in [3.05, 3.63) is 0 Å². The summed E-state index contributed by atoms with van der Waals surface area (Å²) >= 11 is 0. The molecule has 0 saturated carbocycles. The largest absolute Gasteiger partial charge is 0.381 e. The second kappa shape index (κ2) is 3.87. The van der Waals surface area contributed by atoms with Gasteiger partial charge in [0.25, 0.3) is 0 Å². The summed E-state index contributed by atoms with van der Waals surface area (Å²) < 4.78 is 10.2. The Bertz CT molecular complexity index is 223. The van der Waals surface area contributed by atoms with Crippen molar-refractivity contribution >= 4 is 5.91 Å². The summed E-state index contributed by atoms with van der Waals surface area (Å²) in [6, 6.07) is 0. The van der Waals surface area contributed by atoms with E-state index in [1.807, 2.05) is 4.90 Å². The zero-order valence-electron chi connectivity index (χ0n) is 8.62. The summed E-state index contributed by atoms with van der Waals surface area (Å²) in [4.78, 5) is 13.4. The summed E-state index contributed by atoms with van der Waals surface area (Å²) in [5, 5.41) is 0. The molecule has 2 heterocycles. The average Bonchev–Trinajstić information content (AvgIpc) is 2.78. The minimum atomic E-state index is 0.108. The molecular formula is C10H17NO3. The predicted molar refractivity (Wildman–Crippen MR) is 50.9 cm³/mol. The van der Waals surface area contributed by atoms with Crippen LogP contribution in [0.25, 0.3) is 0 Å². The molecule has 4 nitrogen and oxygen atoms in total. The number of hydrogen-bond acceptors (Lipinski definition) is 3. The highest BCUT2D eigenvalue weighted by Crippen LogP contribution is 2.37. The van der Waals surface area contributed by atoms with Crippen molar-refractivity contribution in [2.45, 2.75) is 12.8 Å². The van der Waals surface area contributed by atoms with Crippen molar-refractivity contribution in [2.75, 3.05) is 40.0 Å². The number of rotatable bonds is 2. The fourth-order valence-electron chi connectivity index (χ4n) is 2.33. The molecule has 4 heteroatoms. The zero-order chi connectivity index (χ0) is 10.0. The Labute approximate surface area is 84.2 Å². The van der Waals surface area contributed by atoms with E-state index in [0.29, 0.717) is 0 Å². The lowest BCUT2D eigenvalue weighted by atomic mass is 9.87. The van der Waals surface area contributed by atoms with E-state index in [9.17, 15) is 4.79 Å². The van der Waals surface area contributed by atoms with E-state index < -0.39 is 0 Å². The highest BCUT2D eigenvalue weighted by atomic mass is 16.5. The van der Waals surface area contributed by atoms with E-state index in [4.69, 9.17) is 9.47 Å². The minimum Gasteiger partial charge on any atom is -0.381 e. The number of ether oxygens (including phenoxy) is 2. The van der Waals surface area contributed by atoms with Crippen LogP contribution in [0.5, 0.6) is 0 Å². The maximum Gasteiger partial charge on any atom is 0.248 e. The lowest BCUT2D eigenvalue weighted by Crippen LogP contribution is -2.34. The molecule has 0 N–H and O–H groups in total. The Morgan fingerprint density at radius 3 is 3.07 bits per heavy atom.